The molecular weight excluding hydrogens is 167 g/mol. The Kier molecular flexibility index (Phi) is 4.67. The number of nitrogens with two attached hydrogens (primary N) is 1. The predicted molar refractivity (Wildman–Crippen MR) is 53.5 cm³/mol. The highest BCUT2D eigenvalue weighted by Gasteiger charge is 2.21. The fraction of sp³-hybridized carbons (Fsp3) is 1.00. The van der Waals surface area contributed by atoms with Crippen molar-refractivity contribution in [3.8, 4) is 0 Å². The van der Waals surface area contributed by atoms with Gasteiger partial charge in [-0.05, 0) is 39.2 Å². The van der Waals surface area contributed by atoms with Crippen LogP contribution in [0.2, 0.25) is 0 Å². The maximum Gasteiger partial charge on any atom is 0.0906 e. The van der Waals surface area contributed by atoms with Crippen LogP contribution < -0.4 is 5.73 Å². The first kappa shape index (κ1) is 10.9. The minimum absolute atomic E-state index is 0.198. The van der Waals surface area contributed by atoms with Gasteiger partial charge in [-0.1, -0.05) is 0 Å². The molecule has 1 rings (SSSR count). The molecule has 1 fully saturated rings. The molecule has 0 aromatic carbocycles. The van der Waals surface area contributed by atoms with E-state index in [2.05, 4.69) is 11.9 Å². The molecule has 1 aliphatic carbocycles. The molecule has 3 heteroatoms. The van der Waals surface area contributed by atoms with Crippen LogP contribution in [0, 0.1) is 0 Å². The van der Waals surface area contributed by atoms with E-state index < -0.39 is 0 Å². The van der Waals surface area contributed by atoms with Gasteiger partial charge in [0.25, 0.3) is 0 Å². The molecular formula is C10H21FN2. The second-order valence-electron chi connectivity index (χ2n) is 4.09. The Hall–Kier alpha value is -0.150. The number of hydrogen-bond acceptors (Lipinski definition) is 2. The molecule has 0 atom stereocenters. The summed E-state index contributed by atoms with van der Waals surface area (Å²) in [5, 5.41) is 0. The molecule has 0 bridgehead atoms. The molecule has 78 valence electrons. The highest BCUT2D eigenvalue weighted by atomic mass is 19.1. The Morgan fingerprint density at radius 1 is 1.31 bits per heavy atom. The van der Waals surface area contributed by atoms with E-state index in [0.29, 0.717) is 18.5 Å². The second-order valence-corrected chi connectivity index (χ2v) is 4.09. The van der Waals surface area contributed by atoms with Crippen LogP contribution in [0.25, 0.3) is 0 Å². The summed E-state index contributed by atoms with van der Waals surface area (Å²) in [6, 6.07) is 1.05. The smallest absolute Gasteiger partial charge is 0.0906 e. The molecule has 1 saturated carbocycles. The lowest BCUT2D eigenvalue weighted by molar-refractivity contribution is 0.177. The Balaban J connectivity index is 2.19. The third kappa shape index (κ3) is 3.61. The average molecular weight is 188 g/mol. The van der Waals surface area contributed by atoms with Crippen LogP contribution >= 0.6 is 0 Å². The van der Waals surface area contributed by atoms with E-state index in [1.165, 1.54) is 12.8 Å². The van der Waals surface area contributed by atoms with Gasteiger partial charge in [0, 0.05) is 18.6 Å². The van der Waals surface area contributed by atoms with Crippen molar-refractivity contribution >= 4 is 0 Å². The Morgan fingerprint density at radius 2 is 1.92 bits per heavy atom. The van der Waals surface area contributed by atoms with Crippen LogP contribution in [0.15, 0.2) is 0 Å². The van der Waals surface area contributed by atoms with Crippen molar-refractivity contribution in [2.24, 2.45) is 5.73 Å². The zero-order chi connectivity index (χ0) is 9.68. The van der Waals surface area contributed by atoms with Gasteiger partial charge in [0.2, 0.25) is 0 Å². The first-order valence-corrected chi connectivity index (χ1v) is 5.26. The SMILES string of the molecule is CN(CCCF)[C@H]1CC[C@H](N)CC1. The van der Waals surface area contributed by atoms with Gasteiger partial charge in [-0.3, -0.25) is 4.39 Å². The number of rotatable bonds is 4. The van der Waals surface area contributed by atoms with E-state index in [4.69, 9.17) is 5.73 Å². The fourth-order valence-corrected chi connectivity index (χ4v) is 2.03. The molecule has 1 aliphatic rings. The third-order valence-electron chi connectivity index (χ3n) is 3.01. The highest BCUT2D eigenvalue weighted by Crippen LogP contribution is 2.20. The summed E-state index contributed by atoms with van der Waals surface area (Å²) in [6.45, 7) is 0.687. The first-order chi connectivity index (χ1) is 6.24. The normalized spacial score (nSPS) is 29.5. The lowest BCUT2D eigenvalue weighted by atomic mass is 9.91. The number of alkyl halides is 1. The standard InChI is InChI=1S/C10H21FN2/c1-13(8-2-7-11)10-5-3-9(12)4-6-10/h9-10H,2-8,12H2,1H3/t9-,10-. The van der Waals surface area contributed by atoms with Crippen molar-refractivity contribution in [3.63, 3.8) is 0 Å². The van der Waals surface area contributed by atoms with E-state index in [1.807, 2.05) is 0 Å². The Morgan fingerprint density at radius 3 is 2.46 bits per heavy atom. The van der Waals surface area contributed by atoms with Crippen molar-refractivity contribution in [1.82, 2.24) is 4.90 Å². The van der Waals surface area contributed by atoms with Gasteiger partial charge < -0.3 is 10.6 Å². The molecule has 2 nitrogen and oxygen atoms in total. The molecule has 0 aromatic heterocycles. The van der Waals surface area contributed by atoms with Gasteiger partial charge in [0.05, 0.1) is 6.67 Å². The summed E-state index contributed by atoms with van der Waals surface area (Å²) < 4.78 is 11.9. The van der Waals surface area contributed by atoms with Crippen LogP contribution in [-0.2, 0) is 0 Å². The van der Waals surface area contributed by atoms with Crippen LogP contribution in [0.5, 0.6) is 0 Å². The van der Waals surface area contributed by atoms with E-state index in [9.17, 15) is 4.39 Å². The van der Waals surface area contributed by atoms with Gasteiger partial charge in [-0.2, -0.15) is 0 Å². The lowest BCUT2D eigenvalue weighted by Gasteiger charge is -2.33. The zero-order valence-electron chi connectivity index (χ0n) is 8.51. The summed E-state index contributed by atoms with van der Waals surface area (Å²) in [6.07, 6.45) is 5.29. The molecule has 0 saturated heterocycles. The van der Waals surface area contributed by atoms with Gasteiger partial charge in [0.1, 0.15) is 0 Å². The minimum Gasteiger partial charge on any atom is -0.328 e. The maximum absolute atomic E-state index is 11.9. The number of hydrogen-bond donors (Lipinski definition) is 1. The van der Waals surface area contributed by atoms with E-state index in [0.717, 1.165) is 19.4 Å². The summed E-state index contributed by atoms with van der Waals surface area (Å²) in [5.41, 5.74) is 5.82. The molecule has 0 aliphatic heterocycles. The van der Waals surface area contributed by atoms with Gasteiger partial charge in [0.15, 0.2) is 0 Å². The zero-order valence-corrected chi connectivity index (χ0v) is 8.51. The summed E-state index contributed by atoms with van der Waals surface area (Å²) >= 11 is 0. The van der Waals surface area contributed by atoms with Crippen molar-refractivity contribution in [3.05, 3.63) is 0 Å². The Bertz CT molecular complexity index is 133. The molecule has 0 heterocycles. The highest BCUT2D eigenvalue weighted by molar-refractivity contribution is 4.79. The van der Waals surface area contributed by atoms with Crippen LogP contribution in [0.4, 0.5) is 4.39 Å². The topological polar surface area (TPSA) is 29.3 Å². The lowest BCUT2D eigenvalue weighted by Crippen LogP contribution is -2.39. The van der Waals surface area contributed by atoms with Crippen molar-refractivity contribution < 1.29 is 4.39 Å². The first-order valence-electron chi connectivity index (χ1n) is 5.26. The molecule has 0 aromatic rings. The van der Waals surface area contributed by atoms with Crippen molar-refractivity contribution in [2.45, 2.75) is 44.2 Å². The molecule has 0 amide bonds. The van der Waals surface area contributed by atoms with E-state index in [1.54, 1.807) is 0 Å². The fourth-order valence-electron chi connectivity index (χ4n) is 2.03. The summed E-state index contributed by atoms with van der Waals surface area (Å²) in [4.78, 5) is 2.28. The summed E-state index contributed by atoms with van der Waals surface area (Å²) in [5.74, 6) is 0. The van der Waals surface area contributed by atoms with Gasteiger partial charge in [-0.15, -0.1) is 0 Å². The maximum atomic E-state index is 11.9. The van der Waals surface area contributed by atoms with Crippen LogP contribution in [0.3, 0.4) is 0 Å². The van der Waals surface area contributed by atoms with Crippen molar-refractivity contribution in [2.75, 3.05) is 20.3 Å². The number of halogens is 1. The monoisotopic (exact) mass is 188 g/mol. The second kappa shape index (κ2) is 5.55. The predicted octanol–water partition coefficient (Wildman–Crippen LogP) is 1.55. The number of nitrogens with zero attached hydrogens (tertiary/aromatic N) is 1. The molecule has 0 spiro atoms. The molecule has 0 radical (unpaired) electrons. The Labute approximate surface area is 80.3 Å². The molecule has 13 heavy (non-hydrogen) atoms. The third-order valence-corrected chi connectivity index (χ3v) is 3.01. The van der Waals surface area contributed by atoms with E-state index in [-0.39, 0.29) is 6.67 Å². The van der Waals surface area contributed by atoms with E-state index >= 15 is 0 Å². The average Bonchev–Trinajstić information content (AvgIpc) is 2.15. The molecule has 2 N–H and O–H groups in total. The van der Waals surface area contributed by atoms with Gasteiger partial charge in [-0.25, -0.2) is 0 Å². The van der Waals surface area contributed by atoms with Crippen LogP contribution in [-0.4, -0.2) is 37.3 Å². The largest absolute Gasteiger partial charge is 0.328 e. The van der Waals surface area contributed by atoms with Crippen molar-refractivity contribution in [1.29, 1.82) is 0 Å². The minimum atomic E-state index is -0.198. The quantitative estimate of drug-likeness (QED) is 0.725. The van der Waals surface area contributed by atoms with Crippen LogP contribution in [0.1, 0.15) is 32.1 Å². The van der Waals surface area contributed by atoms with Gasteiger partial charge >= 0.3 is 0 Å². The molecule has 0 unspecified atom stereocenters. The summed E-state index contributed by atoms with van der Waals surface area (Å²) in [7, 11) is 2.09.